The van der Waals surface area contributed by atoms with Crippen LogP contribution < -0.4 is 10.1 Å². The number of aryl methyl sites for hydroxylation is 1. The van der Waals surface area contributed by atoms with Gasteiger partial charge >= 0.3 is 0 Å². The highest BCUT2D eigenvalue weighted by Crippen LogP contribution is 2.39. The number of aliphatic hydroxyl groups excluding tert-OH is 1. The van der Waals surface area contributed by atoms with Crippen LogP contribution in [-0.2, 0) is 13.0 Å². The number of fused-ring (bicyclic) bond motifs is 1. The summed E-state index contributed by atoms with van der Waals surface area (Å²) in [6, 6.07) is 6.21. The Hall–Kier alpha value is -1.98. The van der Waals surface area contributed by atoms with E-state index in [1.807, 2.05) is 6.07 Å². The maximum absolute atomic E-state index is 9.08. The number of benzene rings is 1. The van der Waals surface area contributed by atoms with Crippen LogP contribution in [0.1, 0.15) is 30.4 Å². The summed E-state index contributed by atoms with van der Waals surface area (Å²) in [5.41, 5.74) is 2.99. The van der Waals surface area contributed by atoms with Crippen molar-refractivity contribution >= 4 is 0 Å². The summed E-state index contributed by atoms with van der Waals surface area (Å²) in [7, 11) is 0. The molecule has 0 bridgehead atoms. The van der Waals surface area contributed by atoms with Gasteiger partial charge in [0.15, 0.2) is 5.82 Å². The number of rotatable bonds is 2. The zero-order chi connectivity index (χ0) is 15.7. The van der Waals surface area contributed by atoms with Crippen LogP contribution >= 0.6 is 0 Å². The number of nitrogens with one attached hydrogen (secondary N) is 1. The Balaban J connectivity index is 1.59. The molecule has 0 aliphatic carbocycles. The largest absolute Gasteiger partial charge is 0.487 e. The second-order valence-electron chi connectivity index (χ2n) is 6.43. The second-order valence-corrected chi connectivity index (χ2v) is 6.43. The first-order valence-electron chi connectivity index (χ1n) is 8.23. The fraction of sp³-hybridized carbons (Fsp3) is 0.444. The predicted octanol–water partition coefficient (Wildman–Crippen LogP) is 2.08. The highest BCUT2D eigenvalue weighted by Gasteiger charge is 2.37. The van der Waals surface area contributed by atoms with E-state index in [0.717, 1.165) is 55.6 Å². The molecule has 4 rings (SSSR count). The fourth-order valence-electron chi connectivity index (χ4n) is 3.48. The molecule has 1 fully saturated rings. The standard InChI is InChI=1S/C18H21N3O2/c22-12-13-10-20-17(21-11-13)15-1-2-16-14(9-15)3-4-18(23-16)5-7-19-8-6-18/h1-2,9-11,19,22H,3-8,12H2. The lowest BCUT2D eigenvalue weighted by molar-refractivity contribution is 0.0170. The molecule has 0 unspecified atom stereocenters. The minimum absolute atomic E-state index is 0.0268. The normalized spacial score (nSPS) is 19.2. The van der Waals surface area contributed by atoms with Crippen LogP contribution in [-0.4, -0.2) is 33.8 Å². The molecule has 1 aromatic carbocycles. The van der Waals surface area contributed by atoms with Crippen molar-refractivity contribution in [1.82, 2.24) is 15.3 Å². The van der Waals surface area contributed by atoms with Gasteiger partial charge in [-0.2, -0.15) is 0 Å². The van der Waals surface area contributed by atoms with Gasteiger partial charge < -0.3 is 15.2 Å². The van der Waals surface area contributed by atoms with Crippen molar-refractivity contribution in [3.8, 4) is 17.1 Å². The van der Waals surface area contributed by atoms with Crippen LogP contribution in [0.15, 0.2) is 30.6 Å². The van der Waals surface area contributed by atoms with E-state index in [4.69, 9.17) is 9.84 Å². The van der Waals surface area contributed by atoms with E-state index in [9.17, 15) is 0 Å². The zero-order valence-corrected chi connectivity index (χ0v) is 13.1. The molecular weight excluding hydrogens is 290 g/mol. The number of piperidine rings is 1. The van der Waals surface area contributed by atoms with E-state index >= 15 is 0 Å². The second kappa shape index (κ2) is 5.91. The summed E-state index contributed by atoms with van der Waals surface area (Å²) < 4.78 is 6.37. The lowest BCUT2D eigenvalue weighted by Gasteiger charge is -2.41. The van der Waals surface area contributed by atoms with Crippen LogP contribution in [0.4, 0.5) is 0 Å². The average molecular weight is 311 g/mol. The summed E-state index contributed by atoms with van der Waals surface area (Å²) in [6.07, 6.45) is 7.62. The Kier molecular flexibility index (Phi) is 3.75. The van der Waals surface area contributed by atoms with Gasteiger partial charge in [-0.15, -0.1) is 0 Å². The Morgan fingerprint density at radius 3 is 2.65 bits per heavy atom. The summed E-state index contributed by atoms with van der Waals surface area (Å²) in [5, 5.41) is 12.5. The molecule has 120 valence electrons. The Morgan fingerprint density at radius 1 is 1.13 bits per heavy atom. The van der Waals surface area contributed by atoms with Gasteiger partial charge in [0.2, 0.25) is 0 Å². The number of hydrogen-bond donors (Lipinski definition) is 2. The van der Waals surface area contributed by atoms with E-state index in [0.29, 0.717) is 5.82 Å². The summed E-state index contributed by atoms with van der Waals surface area (Å²) >= 11 is 0. The van der Waals surface area contributed by atoms with Gasteiger partial charge in [-0.1, -0.05) is 0 Å². The number of aliphatic hydroxyl groups is 1. The molecule has 23 heavy (non-hydrogen) atoms. The molecule has 1 aromatic heterocycles. The molecule has 2 aromatic rings. The number of ether oxygens (including phenoxy) is 1. The van der Waals surface area contributed by atoms with Gasteiger partial charge in [-0.25, -0.2) is 9.97 Å². The van der Waals surface area contributed by atoms with Gasteiger partial charge in [0, 0.05) is 23.5 Å². The first-order valence-corrected chi connectivity index (χ1v) is 8.23. The van der Waals surface area contributed by atoms with Crippen LogP contribution in [0.2, 0.25) is 0 Å². The van der Waals surface area contributed by atoms with Crippen molar-refractivity contribution in [2.75, 3.05) is 13.1 Å². The van der Waals surface area contributed by atoms with E-state index < -0.39 is 0 Å². The molecule has 2 N–H and O–H groups in total. The summed E-state index contributed by atoms with van der Waals surface area (Å²) in [6.45, 7) is 2.05. The lowest BCUT2D eigenvalue weighted by atomic mass is 9.83. The monoisotopic (exact) mass is 311 g/mol. The minimum Gasteiger partial charge on any atom is -0.487 e. The third-order valence-electron chi connectivity index (χ3n) is 4.90. The summed E-state index contributed by atoms with van der Waals surface area (Å²) in [4.78, 5) is 8.66. The molecule has 0 radical (unpaired) electrons. The van der Waals surface area contributed by atoms with Crippen molar-refractivity contribution in [3.05, 3.63) is 41.7 Å². The predicted molar refractivity (Wildman–Crippen MR) is 87.2 cm³/mol. The van der Waals surface area contributed by atoms with Gasteiger partial charge in [0.1, 0.15) is 11.4 Å². The molecule has 2 aliphatic heterocycles. The SMILES string of the molecule is OCc1cnc(-c2ccc3c(c2)CCC2(CCNCC2)O3)nc1. The van der Waals surface area contributed by atoms with Gasteiger partial charge in [0.05, 0.1) is 6.61 Å². The Morgan fingerprint density at radius 2 is 1.91 bits per heavy atom. The third-order valence-corrected chi connectivity index (χ3v) is 4.90. The maximum atomic E-state index is 9.08. The van der Waals surface area contributed by atoms with E-state index in [2.05, 4.69) is 27.4 Å². The molecule has 0 atom stereocenters. The average Bonchev–Trinajstić information content (AvgIpc) is 2.62. The van der Waals surface area contributed by atoms with E-state index in [1.165, 1.54) is 5.56 Å². The van der Waals surface area contributed by atoms with Crippen molar-refractivity contribution in [2.45, 2.75) is 37.9 Å². The Bertz CT molecular complexity index is 694. The van der Waals surface area contributed by atoms with E-state index in [1.54, 1.807) is 12.4 Å². The zero-order valence-electron chi connectivity index (χ0n) is 13.1. The van der Waals surface area contributed by atoms with Crippen LogP contribution in [0.3, 0.4) is 0 Å². The third kappa shape index (κ3) is 2.82. The molecule has 0 saturated carbocycles. The number of nitrogens with zero attached hydrogens (tertiary/aromatic N) is 2. The molecule has 3 heterocycles. The molecule has 5 heteroatoms. The van der Waals surface area contributed by atoms with Crippen LogP contribution in [0.25, 0.3) is 11.4 Å². The smallest absolute Gasteiger partial charge is 0.159 e. The fourth-order valence-corrected chi connectivity index (χ4v) is 3.48. The van der Waals surface area contributed by atoms with Gasteiger partial charge in [0.25, 0.3) is 0 Å². The quantitative estimate of drug-likeness (QED) is 0.889. The van der Waals surface area contributed by atoms with Gasteiger partial charge in [-0.3, -0.25) is 0 Å². The van der Waals surface area contributed by atoms with Crippen molar-refractivity contribution in [2.24, 2.45) is 0 Å². The first-order chi connectivity index (χ1) is 11.3. The van der Waals surface area contributed by atoms with Crippen LogP contribution in [0, 0.1) is 0 Å². The number of hydrogen-bond acceptors (Lipinski definition) is 5. The molecule has 1 spiro atoms. The maximum Gasteiger partial charge on any atom is 0.159 e. The molecular formula is C18H21N3O2. The molecule has 1 saturated heterocycles. The summed E-state index contributed by atoms with van der Waals surface area (Å²) in [5.74, 6) is 1.70. The lowest BCUT2D eigenvalue weighted by Crippen LogP contribution is -2.48. The highest BCUT2D eigenvalue weighted by atomic mass is 16.5. The van der Waals surface area contributed by atoms with Crippen molar-refractivity contribution in [3.63, 3.8) is 0 Å². The van der Waals surface area contributed by atoms with Gasteiger partial charge in [-0.05, 0) is 62.5 Å². The highest BCUT2D eigenvalue weighted by molar-refractivity contribution is 5.59. The molecule has 5 nitrogen and oxygen atoms in total. The van der Waals surface area contributed by atoms with Crippen molar-refractivity contribution in [1.29, 1.82) is 0 Å². The molecule has 2 aliphatic rings. The van der Waals surface area contributed by atoms with Crippen molar-refractivity contribution < 1.29 is 9.84 Å². The Labute approximate surface area is 135 Å². The van der Waals surface area contributed by atoms with Crippen LogP contribution in [0.5, 0.6) is 5.75 Å². The first kappa shape index (κ1) is 14.6. The van der Waals surface area contributed by atoms with E-state index in [-0.39, 0.29) is 12.2 Å². The molecule has 0 amide bonds. The topological polar surface area (TPSA) is 67.3 Å². The number of aromatic nitrogens is 2. The minimum atomic E-state index is -0.0325.